The first-order valence-corrected chi connectivity index (χ1v) is 10.7. The highest BCUT2D eigenvalue weighted by atomic mass is 32.1. The van der Waals surface area contributed by atoms with Gasteiger partial charge in [-0.05, 0) is 92.1 Å². The minimum atomic E-state index is -0.268. The second kappa shape index (κ2) is 9.27. The molecule has 6 heteroatoms. The molecule has 0 saturated heterocycles. The van der Waals surface area contributed by atoms with Crippen molar-refractivity contribution in [3.8, 4) is 0 Å². The van der Waals surface area contributed by atoms with E-state index in [1.165, 1.54) is 34.3 Å². The van der Waals surface area contributed by atoms with Crippen molar-refractivity contribution >= 4 is 33.9 Å². The van der Waals surface area contributed by atoms with Crippen molar-refractivity contribution in [3.63, 3.8) is 0 Å². The van der Waals surface area contributed by atoms with Gasteiger partial charge < -0.3 is 15.2 Å². The number of thiocarbonyl (C=S) groups is 1. The molecule has 2 heterocycles. The Labute approximate surface area is 187 Å². The van der Waals surface area contributed by atoms with Gasteiger partial charge in [-0.3, -0.25) is 4.98 Å². The van der Waals surface area contributed by atoms with Gasteiger partial charge in [-0.2, -0.15) is 0 Å². The zero-order valence-corrected chi connectivity index (χ0v) is 18.5. The van der Waals surface area contributed by atoms with E-state index in [9.17, 15) is 4.39 Å². The maximum Gasteiger partial charge on any atom is 0.173 e. The van der Waals surface area contributed by atoms with Crippen molar-refractivity contribution in [1.29, 1.82) is 0 Å². The molecule has 4 aromatic rings. The van der Waals surface area contributed by atoms with Crippen LogP contribution in [0.5, 0.6) is 0 Å². The summed E-state index contributed by atoms with van der Waals surface area (Å²) in [7, 11) is 0. The number of nitrogens with one attached hydrogen (secondary N) is 2. The number of hydrogen-bond acceptors (Lipinski definition) is 2. The second-order valence-electron chi connectivity index (χ2n) is 7.74. The molecular formula is C25H25FN4S. The Morgan fingerprint density at radius 1 is 1.06 bits per heavy atom. The van der Waals surface area contributed by atoms with E-state index in [0.29, 0.717) is 11.7 Å². The molecule has 4 nitrogen and oxygen atoms in total. The third kappa shape index (κ3) is 5.09. The number of benzene rings is 2. The highest BCUT2D eigenvalue weighted by Gasteiger charge is 2.15. The molecule has 158 valence electrons. The van der Waals surface area contributed by atoms with E-state index in [4.69, 9.17) is 12.2 Å². The van der Waals surface area contributed by atoms with E-state index in [2.05, 4.69) is 52.2 Å². The first-order valence-electron chi connectivity index (χ1n) is 10.3. The first-order chi connectivity index (χ1) is 15.0. The Bertz CT molecular complexity index is 1190. The molecule has 0 bridgehead atoms. The van der Waals surface area contributed by atoms with Crippen LogP contribution < -0.4 is 5.32 Å². The van der Waals surface area contributed by atoms with Gasteiger partial charge in [0.25, 0.3) is 0 Å². The molecule has 0 saturated carbocycles. The Balaban J connectivity index is 1.55. The van der Waals surface area contributed by atoms with Gasteiger partial charge in [-0.25, -0.2) is 4.39 Å². The maximum absolute atomic E-state index is 13.3. The van der Waals surface area contributed by atoms with Gasteiger partial charge >= 0.3 is 0 Å². The number of aromatic amines is 1. The number of nitrogens with zero attached hydrogens (tertiary/aromatic N) is 2. The van der Waals surface area contributed by atoms with Crippen LogP contribution in [0.2, 0.25) is 0 Å². The molecule has 4 rings (SSSR count). The summed E-state index contributed by atoms with van der Waals surface area (Å²) in [4.78, 5) is 9.74. The predicted molar refractivity (Wildman–Crippen MR) is 129 cm³/mol. The summed E-state index contributed by atoms with van der Waals surface area (Å²) in [5, 5.41) is 5.12. The zero-order chi connectivity index (χ0) is 21.8. The minimum Gasteiger partial charge on any atom is -0.358 e. The average Bonchev–Trinajstić information content (AvgIpc) is 3.07. The topological polar surface area (TPSA) is 44.0 Å². The van der Waals surface area contributed by atoms with Crippen LogP contribution in [0.1, 0.15) is 22.4 Å². The predicted octanol–water partition coefficient (Wildman–Crippen LogP) is 5.76. The van der Waals surface area contributed by atoms with Crippen molar-refractivity contribution in [3.05, 3.63) is 95.2 Å². The molecular weight excluding hydrogens is 407 g/mol. The lowest BCUT2D eigenvalue weighted by molar-refractivity contribution is 0.423. The number of pyridine rings is 1. The van der Waals surface area contributed by atoms with Gasteiger partial charge in [0.15, 0.2) is 5.11 Å². The molecule has 2 N–H and O–H groups in total. The smallest absolute Gasteiger partial charge is 0.173 e. The molecule has 0 amide bonds. The van der Waals surface area contributed by atoms with Crippen LogP contribution in [-0.4, -0.2) is 26.5 Å². The highest BCUT2D eigenvalue weighted by Crippen LogP contribution is 2.24. The molecule has 0 atom stereocenters. The number of H-pyrrole nitrogens is 1. The van der Waals surface area contributed by atoms with Gasteiger partial charge in [0.2, 0.25) is 0 Å². The first kappa shape index (κ1) is 21.0. The number of aromatic nitrogens is 2. The van der Waals surface area contributed by atoms with Gasteiger partial charge in [0.05, 0.1) is 0 Å². The monoisotopic (exact) mass is 432 g/mol. The third-order valence-electron chi connectivity index (χ3n) is 5.41. The van der Waals surface area contributed by atoms with E-state index in [-0.39, 0.29) is 5.82 Å². The fourth-order valence-electron chi connectivity index (χ4n) is 3.76. The molecule has 0 aliphatic heterocycles. The number of rotatable bonds is 6. The molecule has 2 aromatic carbocycles. The van der Waals surface area contributed by atoms with Crippen molar-refractivity contribution in [2.45, 2.75) is 26.8 Å². The number of halogens is 1. The summed E-state index contributed by atoms with van der Waals surface area (Å²) in [6.45, 7) is 5.64. The summed E-state index contributed by atoms with van der Waals surface area (Å²) in [6, 6.07) is 16.7. The molecule has 0 radical (unpaired) electrons. The van der Waals surface area contributed by atoms with Crippen LogP contribution in [0.25, 0.3) is 10.9 Å². The van der Waals surface area contributed by atoms with E-state index >= 15 is 0 Å². The third-order valence-corrected chi connectivity index (χ3v) is 5.77. The number of anilines is 1. The molecule has 0 aliphatic carbocycles. The van der Waals surface area contributed by atoms with Crippen LogP contribution >= 0.6 is 12.2 Å². The van der Waals surface area contributed by atoms with Crippen LogP contribution in [-0.2, 0) is 13.0 Å². The van der Waals surface area contributed by atoms with Gasteiger partial charge in [0, 0.05) is 47.8 Å². The molecule has 0 unspecified atom stereocenters. The van der Waals surface area contributed by atoms with Gasteiger partial charge in [-0.1, -0.05) is 11.6 Å². The van der Waals surface area contributed by atoms with Gasteiger partial charge in [-0.15, -0.1) is 0 Å². The minimum absolute atomic E-state index is 0.268. The largest absolute Gasteiger partial charge is 0.358 e. The Hall–Kier alpha value is -3.25. The van der Waals surface area contributed by atoms with Crippen LogP contribution in [0.4, 0.5) is 10.1 Å². The van der Waals surface area contributed by atoms with Gasteiger partial charge in [0.1, 0.15) is 5.82 Å². The van der Waals surface area contributed by atoms with Crippen molar-refractivity contribution in [2.24, 2.45) is 0 Å². The van der Waals surface area contributed by atoms with Crippen molar-refractivity contribution < 1.29 is 4.39 Å². The Morgan fingerprint density at radius 2 is 1.81 bits per heavy atom. The number of fused-ring (bicyclic) bond motifs is 1. The maximum atomic E-state index is 13.3. The fraction of sp³-hybridized carbons (Fsp3) is 0.200. The van der Waals surface area contributed by atoms with E-state index < -0.39 is 0 Å². The standard InChI is InChI=1S/C25H25FN4S/c1-17-3-8-24-23(15-17)22(18(2)28-24)11-14-30(16-19-9-12-27-13-10-19)25(31)29-21-6-4-20(26)5-7-21/h3-10,12-13,15,28H,11,14,16H2,1-2H3,(H,29,31). The highest BCUT2D eigenvalue weighted by molar-refractivity contribution is 7.80. The van der Waals surface area contributed by atoms with Crippen molar-refractivity contribution in [2.75, 3.05) is 11.9 Å². The summed E-state index contributed by atoms with van der Waals surface area (Å²) in [6.07, 6.45) is 4.43. The zero-order valence-electron chi connectivity index (χ0n) is 17.7. The quantitative estimate of drug-likeness (QED) is 0.380. The number of aryl methyl sites for hydroxylation is 2. The molecule has 31 heavy (non-hydrogen) atoms. The summed E-state index contributed by atoms with van der Waals surface area (Å²) < 4.78 is 13.3. The Kier molecular flexibility index (Phi) is 6.28. The molecule has 2 aromatic heterocycles. The lowest BCUT2D eigenvalue weighted by Crippen LogP contribution is -2.36. The lowest BCUT2D eigenvalue weighted by Gasteiger charge is -2.26. The fourth-order valence-corrected chi connectivity index (χ4v) is 4.04. The molecule has 0 fully saturated rings. The van der Waals surface area contributed by atoms with Crippen LogP contribution in [0.15, 0.2) is 67.0 Å². The normalized spacial score (nSPS) is 10.9. The van der Waals surface area contributed by atoms with E-state index in [0.717, 1.165) is 29.7 Å². The Morgan fingerprint density at radius 3 is 2.55 bits per heavy atom. The lowest BCUT2D eigenvalue weighted by atomic mass is 10.1. The molecule has 0 spiro atoms. The molecule has 0 aliphatic rings. The average molecular weight is 433 g/mol. The van der Waals surface area contributed by atoms with Crippen LogP contribution in [0.3, 0.4) is 0 Å². The van der Waals surface area contributed by atoms with Crippen molar-refractivity contribution in [1.82, 2.24) is 14.9 Å². The number of hydrogen-bond donors (Lipinski definition) is 2. The summed E-state index contributed by atoms with van der Waals surface area (Å²) in [5.41, 5.74) is 6.79. The summed E-state index contributed by atoms with van der Waals surface area (Å²) >= 11 is 5.73. The summed E-state index contributed by atoms with van der Waals surface area (Å²) in [5.74, 6) is -0.268. The second-order valence-corrected chi connectivity index (χ2v) is 8.13. The SMILES string of the molecule is Cc1ccc2[nH]c(C)c(CCN(Cc3ccncc3)C(=S)Nc3ccc(F)cc3)c2c1. The van der Waals surface area contributed by atoms with E-state index in [1.54, 1.807) is 24.5 Å². The van der Waals surface area contributed by atoms with E-state index in [1.807, 2.05) is 12.1 Å². The van der Waals surface area contributed by atoms with Crippen LogP contribution in [0, 0.1) is 19.7 Å².